The highest BCUT2D eigenvalue weighted by molar-refractivity contribution is 9.10. The lowest BCUT2D eigenvalue weighted by molar-refractivity contribution is 0.0985. The number of rotatable bonds is 2. The van der Waals surface area contributed by atoms with E-state index < -0.39 is 23.1 Å². The number of carbonyl (C=O) groups is 1. The van der Waals surface area contributed by atoms with Crippen molar-refractivity contribution in [1.29, 1.82) is 0 Å². The van der Waals surface area contributed by atoms with Gasteiger partial charge in [0.25, 0.3) is 5.91 Å². The zero-order chi connectivity index (χ0) is 14.9. The molecule has 1 aromatic heterocycles. The molecule has 0 spiro atoms. The van der Waals surface area contributed by atoms with Crippen LogP contribution in [0.3, 0.4) is 0 Å². The minimum atomic E-state index is -0.943. The lowest BCUT2D eigenvalue weighted by Gasteiger charge is -2.19. The number of anilines is 2. The van der Waals surface area contributed by atoms with Crippen LogP contribution in [0.4, 0.5) is 20.2 Å². The third kappa shape index (κ3) is 2.62. The molecule has 0 atom stereocenters. The second kappa shape index (κ2) is 5.54. The summed E-state index contributed by atoms with van der Waals surface area (Å²) in [5.41, 5.74) is 5.62. The van der Waals surface area contributed by atoms with Crippen molar-refractivity contribution < 1.29 is 13.6 Å². The lowest BCUT2D eigenvalue weighted by atomic mass is 10.1. The summed E-state index contributed by atoms with van der Waals surface area (Å²) < 4.78 is 27.8. The van der Waals surface area contributed by atoms with Crippen molar-refractivity contribution in [3.05, 3.63) is 52.3 Å². The molecule has 2 aromatic rings. The van der Waals surface area contributed by atoms with Crippen LogP contribution in [0.15, 0.2) is 35.1 Å². The van der Waals surface area contributed by atoms with Crippen LogP contribution in [0, 0.1) is 11.6 Å². The molecule has 4 nitrogen and oxygen atoms in total. The van der Waals surface area contributed by atoms with Crippen molar-refractivity contribution in [2.24, 2.45) is 0 Å². The topological polar surface area (TPSA) is 59.2 Å². The molecular formula is C13H10BrF2N3O. The molecule has 0 saturated carbocycles. The molecule has 0 saturated heterocycles. The second-order valence-electron chi connectivity index (χ2n) is 4.04. The number of aromatic nitrogens is 1. The van der Waals surface area contributed by atoms with E-state index in [1.54, 1.807) is 0 Å². The largest absolute Gasteiger partial charge is 0.396 e. The average Bonchev–Trinajstić information content (AvgIpc) is 2.37. The van der Waals surface area contributed by atoms with E-state index in [0.29, 0.717) is 5.69 Å². The highest BCUT2D eigenvalue weighted by atomic mass is 79.9. The summed E-state index contributed by atoms with van der Waals surface area (Å²) in [5, 5.41) is 0. The number of nitrogens with zero attached hydrogens (tertiary/aromatic N) is 2. The molecule has 1 aromatic carbocycles. The smallest absolute Gasteiger partial charge is 0.264 e. The fourth-order valence-corrected chi connectivity index (χ4v) is 2.13. The standard InChI is InChI=1S/C13H10BrF2N3O/c1-19(11-2-3-18-6-10(11)17)13(20)12-8(15)4-7(14)5-9(12)16/h2-6H,17H2,1H3. The van der Waals surface area contributed by atoms with Crippen molar-refractivity contribution in [2.45, 2.75) is 0 Å². The fraction of sp³-hybridized carbons (Fsp3) is 0.0769. The Morgan fingerprint density at radius 1 is 1.35 bits per heavy atom. The van der Waals surface area contributed by atoms with Gasteiger partial charge in [-0.2, -0.15) is 0 Å². The maximum atomic E-state index is 13.8. The molecule has 1 amide bonds. The Labute approximate surface area is 122 Å². The minimum absolute atomic E-state index is 0.218. The van der Waals surface area contributed by atoms with E-state index in [9.17, 15) is 13.6 Å². The highest BCUT2D eigenvalue weighted by Gasteiger charge is 2.23. The Kier molecular flexibility index (Phi) is 3.99. The molecule has 104 valence electrons. The molecule has 0 bridgehead atoms. The number of halogens is 3. The zero-order valence-electron chi connectivity index (χ0n) is 10.4. The molecule has 0 unspecified atom stereocenters. The minimum Gasteiger partial charge on any atom is -0.396 e. The van der Waals surface area contributed by atoms with Crippen molar-refractivity contribution >= 4 is 33.2 Å². The van der Waals surface area contributed by atoms with Gasteiger partial charge in [0.1, 0.15) is 17.2 Å². The van der Waals surface area contributed by atoms with Crippen LogP contribution in [0.25, 0.3) is 0 Å². The molecule has 2 rings (SSSR count). The molecule has 0 aliphatic rings. The van der Waals surface area contributed by atoms with Crippen LogP contribution in [0.1, 0.15) is 10.4 Å². The first-order valence-corrected chi connectivity index (χ1v) is 6.33. The van der Waals surface area contributed by atoms with Gasteiger partial charge in [-0.1, -0.05) is 15.9 Å². The number of amides is 1. The molecule has 1 heterocycles. The number of nitrogens with two attached hydrogens (primary N) is 1. The van der Waals surface area contributed by atoms with Crippen molar-refractivity contribution in [3.63, 3.8) is 0 Å². The van der Waals surface area contributed by atoms with Crippen molar-refractivity contribution in [2.75, 3.05) is 17.7 Å². The fourth-order valence-electron chi connectivity index (χ4n) is 1.73. The Morgan fingerprint density at radius 3 is 2.50 bits per heavy atom. The number of carbonyl (C=O) groups excluding carboxylic acids is 1. The molecule has 20 heavy (non-hydrogen) atoms. The number of nitrogen functional groups attached to an aromatic ring is 1. The van der Waals surface area contributed by atoms with E-state index in [1.807, 2.05) is 0 Å². The molecular weight excluding hydrogens is 332 g/mol. The van der Waals surface area contributed by atoms with Gasteiger partial charge in [0, 0.05) is 17.7 Å². The summed E-state index contributed by atoms with van der Waals surface area (Å²) in [6.07, 6.45) is 2.79. The van der Waals surface area contributed by atoms with Gasteiger partial charge in [0.05, 0.1) is 17.6 Å². The van der Waals surface area contributed by atoms with Gasteiger partial charge in [-0.25, -0.2) is 8.78 Å². The monoisotopic (exact) mass is 341 g/mol. The number of hydrogen-bond acceptors (Lipinski definition) is 3. The van der Waals surface area contributed by atoms with Gasteiger partial charge < -0.3 is 10.6 Å². The first-order chi connectivity index (χ1) is 9.41. The SMILES string of the molecule is CN(C(=O)c1c(F)cc(Br)cc1F)c1ccncc1N. The van der Waals surface area contributed by atoms with Gasteiger partial charge in [-0.3, -0.25) is 9.78 Å². The Balaban J connectivity index is 2.45. The van der Waals surface area contributed by atoms with Crippen LogP contribution in [0.2, 0.25) is 0 Å². The third-order valence-electron chi connectivity index (χ3n) is 2.71. The maximum Gasteiger partial charge on any atom is 0.264 e. The summed E-state index contributed by atoms with van der Waals surface area (Å²) in [7, 11) is 1.38. The molecule has 0 aliphatic carbocycles. The Morgan fingerprint density at radius 2 is 1.95 bits per heavy atom. The summed E-state index contributed by atoms with van der Waals surface area (Å²) in [6, 6.07) is 3.54. The number of hydrogen-bond donors (Lipinski definition) is 1. The second-order valence-corrected chi connectivity index (χ2v) is 4.96. The molecule has 7 heteroatoms. The lowest BCUT2D eigenvalue weighted by Crippen LogP contribution is -2.29. The van der Waals surface area contributed by atoms with E-state index in [1.165, 1.54) is 25.5 Å². The molecule has 0 aliphatic heterocycles. The van der Waals surface area contributed by atoms with E-state index in [0.717, 1.165) is 17.0 Å². The van der Waals surface area contributed by atoms with Crippen molar-refractivity contribution in [3.8, 4) is 0 Å². The summed E-state index contributed by atoms with van der Waals surface area (Å²) in [4.78, 5) is 17.1. The van der Waals surface area contributed by atoms with Gasteiger partial charge in [0.2, 0.25) is 0 Å². The van der Waals surface area contributed by atoms with Crippen LogP contribution >= 0.6 is 15.9 Å². The van der Waals surface area contributed by atoms with Gasteiger partial charge in [-0.15, -0.1) is 0 Å². The van der Waals surface area contributed by atoms with E-state index in [2.05, 4.69) is 20.9 Å². The first kappa shape index (κ1) is 14.4. The van der Waals surface area contributed by atoms with Crippen molar-refractivity contribution in [1.82, 2.24) is 4.98 Å². The van der Waals surface area contributed by atoms with E-state index in [4.69, 9.17) is 5.73 Å². The predicted molar refractivity (Wildman–Crippen MR) is 75.4 cm³/mol. The van der Waals surface area contributed by atoms with Crippen LogP contribution in [-0.2, 0) is 0 Å². The van der Waals surface area contributed by atoms with Crippen LogP contribution in [-0.4, -0.2) is 17.9 Å². The average molecular weight is 342 g/mol. The third-order valence-corrected chi connectivity index (χ3v) is 3.17. The summed E-state index contributed by atoms with van der Waals surface area (Å²) in [6.45, 7) is 0. The van der Waals surface area contributed by atoms with Gasteiger partial charge in [-0.05, 0) is 18.2 Å². The summed E-state index contributed by atoms with van der Waals surface area (Å²) >= 11 is 2.96. The molecule has 2 N–H and O–H groups in total. The predicted octanol–water partition coefficient (Wildman–Crippen LogP) is 2.98. The number of pyridine rings is 1. The summed E-state index contributed by atoms with van der Waals surface area (Å²) in [5.74, 6) is -2.71. The van der Waals surface area contributed by atoms with E-state index >= 15 is 0 Å². The van der Waals surface area contributed by atoms with Crippen LogP contribution in [0.5, 0.6) is 0 Å². The Bertz CT molecular complexity index is 655. The quantitative estimate of drug-likeness (QED) is 0.913. The van der Waals surface area contributed by atoms with Gasteiger partial charge in [0.15, 0.2) is 0 Å². The number of benzene rings is 1. The van der Waals surface area contributed by atoms with E-state index in [-0.39, 0.29) is 10.2 Å². The highest BCUT2D eigenvalue weighted by Crippen LogP contribution is 2.25. The molecule has 0 fully saturated rings. The molecule has 0 radical (unpaired) electrons. The zero-order valence-corrected chi connectivity index (χ0v) is 12.0. The maximum absolute atomic E-state index is 13.8. The first-order valence-electron chi connectivity index (χ1n) is 5.54. The van der Waals surface area contributed by atoms with Gasteiger partial charge >= 0.3 is 0 Å². The normalized spacial score (nSPS) is 10.4. The van der Waals surface area contributed by atoms with Crippen LogP contribution < -0.4 is 10.6 Å². The Hall–Kier alpha value is -2.02.